The van der Waals surface area contributed by atoms with Crippen LogP contribution in [0.1, 0.15) is 55.7 Å². The smallest absolute Gasteiger partial charge is 0.243 e. The lowest BCUT2D eigenvalue weighted by atomic mass is 10.1. The van der Waals surface area contributed by atoms with E-state index in [1.165, 1.54) is 0 Å². The molecule has 1 saturated carbocycles. The van der Waals surface area contributed by atoms with Crippen molar-refractivity contribution in [3.05, 3.63) is 69.2 Å². The summed E-state index contributed by atoms with van der Waals surface area (Å²) in [5, 5.41) is 4.19. The number of halogens is 2. The predicted molar refractivity (Wildman–Crippen MR) is 126 cm³/mol. The summed E-state index contributed by atoms with van der Waals surface area (Å²) in [6.45, 7) is 4.22. The number of nitrogens with zero attached hydrogens (tertiary/aromatic N) is 1. The molecule has 0 spiro atoms. The van der Waals surface area contributed by atoms with Crippen LogP contribution in [0.5, 0.6) is 0 Å². The summed E-state index contributed by atoms with van der Waals surface area (Å²) >= 11 is 12.4. The Morgan fingerprint density at radius 2 is 1.77 bits per heavy atom. The third kappa shape index (κ3) is 6.47. The lowest BCUT2D eigenvalue weighted by Gasteiger charge is -2.32. The van der Waals surface area contributed by atoms with Gasteiger partial charge in [-0.15, -0.1) is 0 Å². The lowest BCUT2D eigenvalue weighted by Crippen LogP contribution is -2.51. The molecule has 4 nitrogen and oxygen atoms in total. The minimum absolute atomic E-state index is 0.0863. The Kier molecular flexibility index (Phi) is 8.39. The van der Waals surface area contributed by atoms with Crippen LogP contribution < -0.4 is 5.32 Å². The van der Waals surface area contributed by atoms with Gasteiger partial charge in [0, 0.05) is 22.6 Å². The minimum atomic E-state index is -0.551. The van der Waals surface area contributed by atoms with E-state index < -0.39 is 6.04 Å². The van der Waals surface area contributed by atoms with Crippen LogP contribution in [0.3, 0.4) is 0 Å². The van der Waals surface area contributed by atoms with Crippen LogP contribution in [0, 0.1) is 6.92 Å². The van der Waals surface area contributed by atoms with Crippen LogP contribution in [-0.4, -0.2) is 28.8 Å². The van der Waals surface area contributed by atoms with Crippen LogP contribution in [-0.2, 0) is 22.6 Å². The van der Waals surface area contributed by atoms with Crippen molar-refractivity contribution in [1.29, 1.82) is 0 Å². The molecule has 0 heterocycles. The zero-order chi connectivity index (χ0) is 22.4. The maximum Gasteiger partial charge on any atom is 0.243 e. The van der Waals surface area contributed by atoms with Crippen LogP contribution in [0.4, 0.5) is 0 Å². The second-order valence-electron chi connectivity index (χ2n) is 8.33. The normalized spacial score (nSPS) is 15.0. The molecule has 1 aliphatic rings. The molecule has 1 atom stereocenters. The summed E-state index contributed by atoms with van der Waals surface area (Å²) in [4.78, 5) is 28.2. The van der Waals surface area contributed by atoms with E-state index in [-0.39, 0.29) is 30.8 Å². The monoisotopic (exact) mass is 460 g/mol. The Labute approximate surface area is 194 Å². The summed E-state index contributed by atoms with van der Waals surface area (Å²) in [5.41, 5.74) is 2.84. The maximum atomic E-state index is 13.4. The maximum absolute atomic E-state index is 13.4. The number of carbonyl (C=O) groups excluding carboxylic acids is 2. The Morgan fingerprint density at radius 3 is 2.39 bits per heavy atom. The van der Waals surface area contributed by atoms with Gasteiger partial charge >= 0.3 is 0 Å². The van der Waals surface area contributed by atoms with Crippen molar-refractivity contribution < 1.29 is 9.59 Å². The number of benzene rings is 2. The van der Waals surface area contributed by atoms with Gasteiger partial charge in [0.1, 0.15) is 6.04 Å². The molecule has 0 unspecified atom stereocenters. The fourth-order valence-electron chi connectivity index (χ4n) is 4.10. The average molecular weight is 461 g/mol. The molecule has 0 radical (unpaired) electrons. The third-order valence-electron chi connectivity index (χ3n) is 5.92. The van der Waals surface area contributed by atoms with Crippen LogP contribution in [0.15, 0.2) is 42.5 Å². The SMILES string of the molecule is CC[C@@H](C(=O)NC1CCCC1)N(Cc1ccc(Cl)cc1Cl)C(=O)Cc1ccc(C)cc1. The van der Waals surface area contributed by atoms with Crippen molar-refractivity contribution in [2.45, 2.75) is 71.0 Å². The predicted octanol–water partition coefficient (Wildman–Crippen LogP) is 5.71. The van der Waals surface area contributed by atoms with E-state index in [1.54, 1.807) is 17.0 Å². The number of amides is 2. The molecule has 2 amide bonds. The standard InChI is InChI=1S/C25H30Cl2N2O2/c1-3-23(25(31)28-21-6-4-5-7-21)29(16-19-12-13-20(26)15-22(19)27)24(30)14-18-10-8-17(2)9-11-18/h8-13,15,21,23H,3-7,14,16H2,1-2H3,(H,28,31)/t23-/m0/s1. The Hall–Kier alpha value is -2.04. The first-order valence-corrected chi connectivity index (χ1v) is 11.7. The van der Waals surface area contributed by atoms with E-state index in [0.717, 1.165) is 42.4 Å². The van der Waals surface area contributed by atoms with E-state index in [1.807, 2.05) is 44.2 Å². The van der Waals surface area contributed by atoms with Gasteiger partial charge in [0.15, 0.2) is 0 Å². The third-order valence-corrected chi connectivity index (χ3v) is 6.51. The number of hydrogen-bond donors (Lipinski definition) is 1. The molecule has 166 valence electrons. The first-order chi connectivity index (χ1) is 14.9. The molecule has 0 aliphatic heterocycles. The zero-order valence-corrected chi connectivity index (χ0v) is 19.7. The molecule has 31 heavy (non-hydrogen) atoms. The molecular weight excluding hydrogens is 431 g/mol. The fraction of sp³-hybridized carbons (Fsp3) is 0.440. The van der Waals surface area contributed by atoms with Gasteiger partial charge in [0.2, 0.25) is 11.8 Å². The molecule has 6 heteroatoms. The van der Waals surface area contributed by atoms with E-state index in [2.05, 4.69) is 5.32 Å². The molecule has 0 saturated heterocycles. The molecule has 1 fully saturated rings. The topological polar surface area (TPSA) is 49.4 Å². The number of carbonyl (C=O) groups is 2. The largest absolute Gasteiger partial charge is 0.352 e. The Bertz CT molecular complexity index is 908. The van der Waals surface area contributed by atoms with Crippen molar-refractivity contribution in [3.8, 4) is 0 Å². The van der Waals surface area contributed by atoms with Gasteiger partial charge < -0.3 is 10.2 Å². The fourth-order valence-corrected chi connectivity index (χ4v) is 4.57. The number of rotatable bonds is 8. The summed E-state index contributed by atoms with van der Waals surface area (Å²) in [5.74, 6) is -0.181. The second-order valence-corrected chi connectivity index (χ2v) is 9.18. The van der Waals surface area contributed by atoms with Gasteiger partial charge in [-0.25, -0.2) is 0 Å². The van der Waals surface area contributed by atoms with Crippen molar-refractivity contribution in [2.75, 3.05) is 0 Å². The highest BCUT2D eigenvalue weighted by Crippen LogP contribution is 2.25. The number of hydrogen-bond acceptors (Lipinski definition) is 2. The van der Waals surface area contributed by atoms with Crippen LogP contribution >= 0.6 is 23.2 Å². The van der Waals surface area contributed by atoms with Crippen molar-refractivity contribution in [1.82, 2.24) is 10.2 Å². The van der Waals surface area contributed by atoms with E-state index >= 15 is 0 Å². The molecule has 1 aliphatic carbocycles. The Morgan fingerprint density at radius 1 is 1.10 bits per heavy atom. The first kappa shape index (κ1) is 23.6. The summed E-state index contributed by atoms with van der Waals surface area (Å²) in [7, 11) is 0. The quantitative estimate of drug-likeness (QED) is 0.548. The van der Waals surface area contributed by atoms with Crippen molar-refractivity contribution in [3.63, 3.8) is 0 Å². The van der Waals surface area contributed by atoms with E-state index in [4.69, 9.17) is 23.2 Å². The minimum Gasteiger partial charge on any atom is -0.352 e. The van der Waals surface area contributed by atoms with E-state index in [9.17, 15) is 9.59 Å². The average Bonchev–Trinajstić information content (AvgIpc) is 3.24. The van der Waals surface area contributed by atoms with Gasteiger partial charge in [-0.05, 0) is 49.4 Å². The zero-order valence-electron chi connectivity index (χ0n) is 18.2. The molecular formula is C25H30Cl2N2O2. The van der Waals surface area contributed by atoms with Crippen molar-refractivity contribution in [2.24, 2.45) is 0 Å². The number of aryl methyl sites for hydroxylation is 1. The van der Waals surface area contributed by atoms with Gasteiger partial charge in [0.05, 0.1) is 6.42 Å². The van der Waals surface area contributed by atoms with Crippen molar-refractivity contribution >= 4 is 35.0 Å². The molecule has 0 aromatic heterocycles. The summed E-state index contributed by atoms with van der Waals surface area (Å²) in [6, 6.07) is 12.8. The highest BCUT2D eigenvalue weighted by molar-refractivity contribution is 6.35. The van der Waals surface area contributed by atoms with Gasteiger partial charge in [-0.2, -0.15) is 0 Å². The molecule has 2 aromatic rings. The number of nitrogens with one attached hydrogen (secondary N) is 1. The highest BCUT2D eigenvalue weighted by atomic mass is 35.5. The summed E-state index contributed by atoms with van der Waals surface area (Å²) in [6.07, 6.45) is 5.05. The molecule has 0 bridgehead atoms. The molecule has 2 aromatic carbocycles. The van der Waals surface area contributed by atoms with Crippen LogP contribution in [0.25, 0.3) is 0 Å². The Balaban J connectivity index is 1.84. The van der Waals surface area contributed by atoms with E-state index in [0.29, 0.717) is 16.5 Å². The second kappa shape index (κ2) is 11.0. The van der Waals surface area contributed by atoms with Gasteiger partial charge in [-0.3, -0.25) is 9.59 Å². The van der Waals surface area contributed by atoms with Gasteiger partial charge in [0.25, 0.3) is 0 Å². The molecule has 3 rings (SSSR count). The first-order valence-electron chi connectivity index (χ1n) is 11.0. The van der Waals surface area contributed by atoms with Crippen LogP contribution in [0.2, 0.25) is 10.0 Å². The highest BCUT2D eigenvalue weighted by Gasteiger charge is 2.31. The molecule has 1 N–H and O–H groups in total. The lowest BCUT2D eigenvalue weighted by molar-refractivity contribution is -0.141. The van der Waals surface area contributed by atoms with Gasteiger partial charge in [-0.1, -0.05) is 78.9 Å². The summed E-state index contributed by atoms with van der Waals surface area (Å²) < 4.78 is 0.